The van der Waals surface area contributed by atoms with Crippen molar-refractivity contribution in [2.75, 3.05) is 30.0 Å². The van der Waals surface area contributed by atoms with Gasteiger partial charge in [0.15, 0.2) is 15.7 Å². The molecule has 0 aliphatic carbocycles. The molecule has 0 saturated carbocycles. The van der Waals surface area contributed by atoms with Gasteiger partial charge in [0.25, 0.3) is 5.91 Å². The lowest BCUT2D eigenvalue weighted by Crippen LogP contribution is -2.54. The number of nitrogen functional groups attached to an aromatic ring is 1. The molecule has 1 aliphatic heterocycles. The van der Waals surface area contributed by atoms with Crippen LogP contribution >= 0.6 is 0 Å². The first-order chi connectivity index (χ1) is 19.2. The Kier molecular flexibility index (Phi) is 7.71. The van der Waals surface area contributed by atoms with Crippen LogP contribution in [0.3, 0.4) is 0 Å². The molecule has 4 aromatic rings. The lowest BCUT2D eigenvalue weighted by Gasteiger charge is -2.37. The van der Waals surface area contributed by atoms with Gasteiger partial charge in [0.2, 0.25) is 0 Å². The number of benzene rings is 1. The second kappa shape index (κ2) is 10.6. The summed E-state index contributed by atoms with van der Waals surface area (Å²) >= 11 is 0. The number of rotatable bonds is 5. The maximum absolute atomic E-state index is 13.2. The Morgan fingerprint density at radius 2 is 1.83 bits per heavy atom. The number of carbonyl (C=O) groups is 1. The molecule has 41 heavy (non-hydrogen) atoms. The van der Waals surface area contributed by atoms with Gasteiger partial charge in [-0.05, 0) is 38.1 Å². The summed E-state index contributed by atoms with van der Waals surface area (Å²) in [5, 5.41) is 8.07. The van der Waals surface area contributed by atoms with Crippen LogP contribution in [0.25, 0.3) is 28.0 Å². The molecule has 3 aromatic heterocycles. The molecule has 1 amide bonds. The number of halogens is 3. The number of hydrogen-bond donors (Lipinski definition) is 1. The number of morpholine rings is 1. The second-order valence-corrected chi connectivity index (χ2v) is 11.6. The molecule has 0 spiro atoms. The first kappa shape index (κ1) is 29.7. The molecular weight excluding hydrogens is 563 g/mol. The zero-order valence-electron chi connectivity index (χ0n) is 22.5. The largest absolute Gasteiger partial charge is 0.408 e. The molecular formula is C26H28F3N7O4S. The van der Waals surface area contributed by atoms with Gasteiger partial charge in [0, 0.05) is 30.1 Å². The van der Waals surface area contributed by atoms with E-state index < -0.39 is 34.1 Å². The van der Waals surface area contributed by atoms with Gasteiger partial charge in [0.1, 0.15) is 24.0 Å². The topological polar surface area (TPSA) is 138 Å². The third kappa shape index (κ3) is 5.67. The Hall–Kier alpha value is -4.24. The molecule has 11 nitrogen and oxygen atoms in total. The second-order valence-electron chi connectivity index (χ2n) is 9.61. The number of hydrogen-bond acceptors (Lipinski definition) is 8. The molecule has 1 saturated heterocycles. The smallest absolute Gasteiger partial charge is 0.382 e. The fraction of sp³-hybridized carbons (Fsp3) is 0.308. The molecule has 0 bridgehead atoms. The van der Waals surface area contributed by atoms with E-state index in [1.807, 2.05) is 0 Å². The van der Waals surface area contributed by atoms with Crippen LogP contribution in [0.4, 0.5) is 24.7 Å². The normalized spacial score (nSPS) is 15.6. The minimum Gasteiger partial charge on any atom is -0.382 e. The van der Waals surface area contributed by atoms with E-state index in [1.54, 1.807) is 19.9 Å². The molecule has 5 rings (SSSR count). The highest BCUT2D eigenvalue weighted by atomic mass is 32.2. The van der Waals surface area contributed by atoms with Crippen molar-refractivity contribution in [3.8, 4) is 22.5 Å². The molecule has 1 fully saturated rings. The van der Waals surface area contributed by atoms with Gasteiger partial charge in [0.05, 0.1) is 28.6 Å². The highest BCUT2D eigenvalue weighted by Crippen LogP contribution is 2.38. The molecule has 0 atom stereocenters. The monoisotopic (exact) mass is 591 g/mol. The van der Waals surface area contributed by atoms with Crippen LogP contribution in [0.15, 0.2) is 60.9 Å². The van der Waals surface area contributed by atoms with E-state index in [0.29, 0.717) is 16.8 Å². The Balaban J connectivity index is 0.00000189. The molecule has 0 radical (unpaired) electrons. The third-order valence-electron chi connectivity index (χ3n) is 6.39. The molecule has 4 heterocycles. The summed E-state index contributed by atoms with van der Waals surface area (Å²) in [7, 11) is -3.75. The first-order valence-electron chi connectivity index (χ1n) is 12.2. The lowest BCUT2D eigenvalue weighted by atomic mass is 10.0. The van der Waals surface area contributed by atoms with Crippen molar-refractivity contribution in [2.24, 2.45) is 0 Å². The number of anilines is 2. The van der Waals surface area contributed by atoms with Crippen LogP contribution in [-0.4, -0.2) is 69.9 Å². The minimum atomic E-state index is -4.52. The van der Waals surface area contributed by atoms with E-state index in [1.165, 1.54) is 46.2 Å². The van der Waals surface area contributed by atoms with Crippen LogP contribution in [-0.2, 0) is 25.9 Å². The summed E-state index contributed by atoms with van der Waals surface area (Å²) in [5.74, 6) is -0.400. The maximum atomic E-state index is 13.2. The molecule has 1 aliphatic rings. The highest BCUT2D eigenvalue weighted by Gasteiger charge is 2.39. The van der Waals surface area contributed by atoms with E-state index in [4.69, 9.17) is 10.5 Å². The summed E-state index contributed by atoms with van der Waals surface area (Å²) in [6, 6.07) is 7.45. The summed E-state index contributed by atoms with van der Waals surface area (Å²) in [6.45, 7) is 8.19. The number of nitrogens with zero attached hydrogens (tertiary/aromatic N) is 6. The lowest BCUT2D eigenvalue weighted by molar-refractivity contribution is -0.145. The molecule has 15 heteroatoms. The average Bonchev–Trinajstić information content (AvgIpc) is 3.50. The van der Waals surface area contributed by atoms with Crippen molar-refractivity contribution in [1.82, 2.24) is 24.4 Å². The van der Waals surface area contributed by atoms with Gasteiger partial charge in [-0.25, -0.2) is 17.9 Å². The predicted octanol–water partition coefficient (Wildman–Crippen LogP) is 3.75. The van der Waals surface area contributed by atoms with Gasteiger partial charge < -0.3 is 15.4 Å². The number of sulfone groups is 1. The zero-order chi connectivity index (χ0) is 30.3. The van der Waals surface area contributed by atoms with E-state index in [9.17, 15) is 26.4 Å². The van der Waals surface area contributed by atoms with E-state index in [0.717, 1.165) is 10.9 Å². The fourth-order valence-corrected chi connectivity index (χ4v) is 5.50. The van der Waals surface area contributed by atoms with Crippen molar-refractivity contribution < 1.29 is 31.1 Å². The molecule has 218 valence electrons. The zero-order valence-corrected chi connectivity index (χ0v) is 23.3. The van der Waals surface area contributed by atoms with Crippen molar-refractivity contribution in [3.05, 3.63) is 56.0 Å². The Morgan fingerprint density at radius 3 is 2.49 bits per heavy atom. The fourth-order valence-electron chi connectivity index (χ4n) is 4.64. The number of amides is 1. The first-order valence-corrected chi connectivity index (χ1v) is 14.1. The van der Waals surface area contributed by atoms with E-state index in [-0.39, 0.29) is 40.8 Å². The van der Waals surface area contributed by atoms with Crippen molar-refractivity contribution in [2.45, 2.75) is 37.1 Å². The summed E-state index contributed by atoms with van der Waals surface area (Å²) < 4.78 is 72.8. The summed E-state index contributed by atoms with van der Waals surface area (Å²) in [5.41, 5.74) is 6.62. The standard InChI is InChI=1S/C24H24F3N7O4S.C2H4/c1-23(2)22(35)32(8-9-38-23)18-10-14(4-5-19(18)39(3,36)37)17-11-15(20-21(28)29-13-31-34(17)20)16-6-7-30-33(16)12-24(25,26)27;1-2/h4-7,10-11,13H,8-9,12H2,1-3H3,(H2,28,29,31);1-2H2. The van der Waals surface area contributed by atoms with Gasteiger partial charge in [-0.3, -0.25) is 9.48 Å². The number of fused-ring (bicyclic) bond motifs is 1. The number of nitrogens with two attached hydrogens (primary N) is 1. The summed E-state index contributed by atoms with van der Waals surface area (Å²) in [4.78, 5) is 18.5. The SMILES string of the molecule is C=C.CC1(C)OCCN(c2cc(-c3cc(-c4ccnn4CC(F)(F)F)c4c(N)ncnn34)ccc2S(C)(=O)=O)C1=O. The number of aromatic nitrogens is 5. The Bertz CT molecular complexity index is 1730. The molecule has 2 N–H and O–H groups in total. The van der Waals surface area contributed by atoms with Crippen LogP contribution in [0, 0.1) is 0 Å². The van der Waals surface area contributed by atoms with Crippen LogP contribution in [0.2, 0.25) is 0 Å². The number of carbonyl (C=O) groups excluding carboxylic acids is 1. The van der Waals surface area contributed by atoms with Gasteiger partial charge in [-0.15, -0.1) is 13.2 Å². The Labute approximate surface area is 234 Å². The van der Waals surface area contributed by atoms with Crippen molar-refractivity contribution in [3.63, 3.8) is 0 Å². The third-order valence-corrected chi connectivity index (χ3v) is 7.53. The quantitative estimate of drug-likeness (QED) is 0.347. The average molecular weight is 592 g/mol. The highest BCUT2D eigenvalue weighted by molar-refractivity contribution is 7.90. The van der Waals surface area contributed by atoms with Crippen molar-refractivity contribution in [1.29, 1.82) is 0 Å². The molecule has 0 unspecified atom stereocenters. The van der Waals surface area contributed by atoms with E-state index >= 15 is 0 Å². The van der Waals surface area contributed by atoms with Crippen LogP contribution in [0.1, 0.15) is 13.8 Å². The van der Waals surface area contributed by atoms with Crippen molar-refractivity contribution >= 4 is 32.8 Å². The maximum Gasteiger partial charge on any atom is 0.408 e. The number of ether oxygens (including phenoxy) is 1. The van der Waals surface area contributed by atoms with Crippen LogP contribution < -0.4 is 10.6 Å². The predicted molar refractivity (Wildman–Crippen MR) is 147 cm³/mol. The van der Waals surface area contributed by atoms with Gasteiger partial charge in [-0.1, -0.05) is 6.07 Å². The van der Waals surface area contributed by atoms with Gasteiger partial charge in [-0.2, -0.15) is 23.4 Å². The number of alkyl halides is 3. The van der Waals surface area contributed by atoms with E-state index in [2.05, 4.69) is 28.3 Å². The Morgan fingerprint density at radius 1 is 1.12 bits per heavy atom. The summed E-state index contributed by atoms with van der Waals surface area (Å²) in [6.07, 6.45) is -1.03. The van der Waals surface area contributed by atoms with Crippen LogP contribution in [0.5, 0.6) is 0 Å². The van der Waals surface area contributed by atoms with Gasteiger partial charge >= 0.3 is 6.18 Å². The minimum absolute atomic E-state index is 0.0177. The molecule has 1 aromatic carbocycles.